The molecule has 1 N–H and O–H groups in total. The van der Waals surface area contributed by atoms with Gasteiger partial charge in [0.1, 0.15) is 25.3 Å². The minimum atomic E-state index is -0.850. The lowest BCUT2D eigenvalue weighted by molar-refractivity contribution is 0.0321. The predicted octanol–water partition coefficient (Wildman–Crippen LogP) is 3.00. The van der Waals surface area contributed by atoms with E-state index >= 15 is 0 Å². The summed E-state index contributed by atoms with van der Waals surface area (Å²) in [6.07, 6.45) is 7.25. The van der Waals surface area contributed by atoms with Crippen molar-refractivity contribution < 1.29 is 5.11 Å². The molecule has 2 atom stereocenters. The summed E-state index contributed by atoms with van der Waals surface area (Å²) < 4.78 is 3.38. The van der Waals surface area contributed by atoms with Gasteiger partial charge in [0.25, 0.3) is 0 Å². The molecule has 1 aliphatic rings. The number of aliphatic hydroxyl groups excluding tert-OH is 1. The predicted molar refractivity (Wildman–Crippen MR) is 103 cm³/mol. The zero-order chi connectivity index (χ0) is 19.0. The van der Waals surface area contributed by atoms with Crippen LogP contribution in [-0.4, -0.2) is 34.6 Å². The van der Waals surface area contributed by atoms with E-state index in [9.17, 15) is 5.11 Å². The van der Waals surface area contributed by atoms with Gasteiger partial charge in [-0.3, -0.25) is 0 Å². The molecule has 0 saturated heterocycles. The lowest BCUT2D eigenvalue weighted by atomic mass is 9.86. The molecule has 2 aromatic heterocycles. The zero-order valence-electron chi connectivity index (χ0n) is 15.2. The van der Waals surface area contributed by atoms with Gasteiger partial charge in [-0.25, -0.2) is 19.3 Å². The Morgan fingerprint density at radius 2 is 1.50 bits per heavy atom. The van der Waals surface area contributed by atoms with Gasteiger partial charge in [-0.05, 0) is 29.5 Å². The maximum Gasteiger partial charge on any atom is 0.157 e. The Balaban J connectivity index is 1.55. The molecule has 140 valence electrons. The minimum Gasteiger partial charge on any atom is -0.371 e. The van der Waals surface area contributed by atoms with E-state index in [0.717, 1.165) is 24.0 Å². The lowest BCUT2D eigenvalue weighted by Crippen LogP contribution is -2.33. The van der Waals surface area contributed by atoms with Gasteiger partial charge in [0.15, 0.2) is 6.23 Å². The maximum atomic E-state index is 11.2. The van der Waals surface area contributed by atoms with Crippen molar-refractivity contribution in [3.8, 4) is 11.1 Å². The third-order valence-electron chi connectivity index (χ3n) is 5.60. The van der Waals surface area contributed by atoms with Crippen LogP contribution in [0.2, 0.25) is 0 Å². The molecule has 0 radical (unpaired) electrons. The third-order valence-corrected chi connectivity index (χ3v) is 5.60. The summed E-state index contributed by atoms with van der Waals surface area (Å²) in [5.41, 5.74) is 3.04. The first kappa shape index (κ1) is 16.8. The molecule has 0 bridgehead atoms. The molecule has 5 rings (SSSR count). The standard InChI is InChI=1S/C21H20N6O/c28-20(26-14-22-12-24-26)19(21(10-11-21)27-15-23-13-25-27)18-8-6-17(7-9-18)16-4-2-1-3-5-16/h1-9,12-15,19-20,28H,10-11H2. The summed E-state index contributed by atoms with van der Waals surface area (Å²) in [5, 5.41) is 19.7. The molecule has 7 nitrogen and oxygen atoms in total. The topological polar surface area (TPSA) is 81.6 Å². The van der Waals surface area contributed by atoms with Crippen LogP contribution in [0, 0.1) is 0 Å². The van der Waals surface area contributed by atoms with E-state index in [2.05, 4.69) is 56.6 Å². The van der Waals surface area contributed by atoms with Gasteiger partial charge in [-0.1, -0.05) is 54.6 Å². The SMILES string of the molecule is OC(C(c1ccc(-c2ccccc2)cc1)C1(n2cncn2)CC1)n1cncn1. The quantitative estimate of drug-likeness (QED) is 0.563. The van der Waals surface area contributed by atoms with Gasteiger partial charge in [0.05, 0.1) is 11.5 Å². The van der Waals surface area contributed by atoms with Crippen LogP contribution in [0.15, 0.2) is 79.9 Å². The van der Waals surface area contributed by atoms with E-state index in [-0.39, 0.29) is 11.5 Å². The second-order valence-electron chi connectivity index (χ2n) is 7.20. The Bertz CT molecular complexity index is 1020. The number of aliphatic hydroxyl groups is 1. The van der Waals surface area contributed by atoms with Crippen molar-refractivity contribution in [2.45, 2.75) is 30.5 Å². The van der Waals surface area contributed by atoms with Crippen LogP contribution in [0.3, 0.4) is 0 Å². The number of hydrogen-bond acceptors (Lipinski definition) is 5. The molecule has 2 unspecified atom stereocenters. The van der Waals surface area contributed by atoms with E-state index in [0.29, 0.717) is 0 Å². The van der Waals surface area contributed by atoms with Crippen LogP contribution >= 0.6 is 0 Å². The van der Waals surface area contributed by atoms with Crippen molar-refractivity contribution in [1.29, 1.82) is 0 Å². The summed E-state index contributed by atoms with van der Waals surface area (Å²) >= 11 is 0. The highest BCUT2D eigenvalue weighted by atomic mass is 16.3. The summed E-state index contributed by atoms with van der Waals surface area (Å²) in [6.45, 7) is 0. The van der Waals surface area contributed by atoms with E-state index < -0.39 is 6.23 Å². The molecule has 0 spiro atoms. The highest BCUT2D eigenvalue weighted by Gasteiger charge is 2.55. The second kappa shape index (κ2) is 6.69. The first-order valence-electron chi connectivity index (χ1n) is 9.31. The minimum absolute atomic E-state index is 0.222. The number of nitrogens with zero attached hydrogens (tertiary/aromatic N) is 6. The van der Waals surface area contributed by atoms with E-state index in [1.807, 2.05) is 22.9 Å². The Kier molecular flexibility index (Phi) is 4.02. The molecule has 4 aromatic rings. The molecular formula is C21H20N6O. The van der Waals surface area contributed by atoms with Crippen molar-refractivity contribution >= 4 is 0 Å². The van der Waals surface area contributed by atoms with Gasteiger partial charge >= 0.3 is 0 Å². The number of benzene rings is 2. The monoisotopic (exact) mass is 372 g/mol. The molecule has 2 heterocycles. The first-order chi connectivity index (χ1) is 13.8. The normalized spacial score (nSPS) is 17.2. The molecular weight excluding hydrogens is 352 g/mol. The van der Waals surface area contributed by atoms with Gasteiger partial charge in [-0.15, -0.1) is 0 Å². The van der Waals surface area contributed by atoms with Crippen LogP contribution in [0.25, 0.3) is 11.1 Å². The van der Waals surface area contributed by atoms with E-state index in [1.54, 1.807) is 12.7 Å². The average molecular weight is 372 g/mol. The fraction of sp³-hybridized carbons (Fsp3) is 0.238. The third kappa shape index (κ3) is 2.80. The number of hydrogen-bond donors (Lipinski definition) is 1. The smallest absolute Gasteiger partial charge is 0.157 e. The zero-order valence-corrected chi connectivity index (χ0v) is 15.2. The van der Waals surface area contributed by atoms with Crippen LogP contribution < -0.4 is 0 Å². The number of aromatic nitrogens is 6. The highest BCUT2D eigenvalue weighted by molar-refractivity contribution is 5.63. The molecule has 0 amide bonds. The Hall–Kier alpha value is -3.32. The Labute approximate surface area is 162 Å². The van der Waals surface area contributed by atoms with Crippen molar-refractivity contribution in [3.05, 3.63) is 85.5 Å². The van der Waals surface area contributed by atoms with Crippen molar-refractivity contribution in [2.24, 2.45) is 0 Å². The highest BCUT2D eigenvalue weighted by Crippen LogP contribution is 2.56. The van der Waals surface area contributed by atoms with E-state index in [1.165, 1.54) is 22.9 Å². The first-order valence-corrected chi connectivity index (χ1v) is 9.31. The fourth-order valence-corrected chi connectivity index (χ4v) is 4.03. The largest absolute Gasteiger partial charge is 0.371 e. The molecule has 1 aliphatic carbocycles. The molecule has 0 aliphatic heterocycles. The van der Waals surface area contributed by atoms with Crippen molar-refractivity contribution in [1.82, 2.24) is 29.5 Å². The molecule has 7 heteroatoms. The number of rotatable bonds is 6. The van der Waals surface area contributed by atoms with Crippen molar-refractivity contribution in [2.75, 3.05) is 0 Å². The van der Waals surface area contributed by atoms with Crippen LogP contribution in [0.1, 0.15) is 30.6 Å². The van der Waals surface area contributed by atoms with E-state index in [4.69, 9.17) is 0 Å². The Morgan fingerprint density at radius 1 is 0.821 bits per heavy atom. The van der Waals surface area contributed by atoms with Crippen molar-refractivity contribution in [3.63, 3.8) is 0 Å². The molecule has 1 fully saturated rings. The van der Waals surface area contributed by atoms with Gasteiger partial charge in [0.2, 0.25) is 0 Å². The lowest BCUT2D eigenvalue weighted by Gasteiger charge is -2.31. The fourth-order valence-electron chi connectivity index (χ4n) is 4.03. The van der Waals surface area contributed by atoms with Crippen LogP contribution in [0.4, 0.5) is 0 Å². The van der Waals surface area contributed by atoms with Crippen LogP contribution in [0.5, 0.6) is 0 Å². The second-order valence-corrected chi connectivity index (χ2v) is 7.20. The summed E-state index contributed by atoms with van der Waals surface area (Å²) in [5.74, 6) is -0.222. The molecule has 1 saturated carbocycles. The Morgan fingerprint density at radius 3 is 2.11 bits per heavy atom. The van der Waals surface area contributed by atoms with Crippen LogP contribution in [-0.2, 0) is 5.54 Å². The summed E-state index contributed by atoms with van der Waals surface area (Å²) in [7, 11) is 0. The maximum absolute atomic E-state index is 11.2. The summed E-state index contributed by atoms with van der Waals surface area (Å²) in [6, 6.07) is 18.6. The van der Waals surface area contributed by atoms with Gasteiger partial charge < -0.3 is 5.11 Å². The van der Waals surface area contributed by atoms with Gasteiger partial charge in [-0.2, -0.15) is 10.2 Å². The molecule has 28 heavy (non-hydrogen) atoms. The van der Waals surface area contributed by atoms with Gasteiger partial charge in [0, 0.05) is 0 Å². The average Bonchev–Trinajstić information content (AvgIpc) is 3.18. The molecule has 2 aromatic carbocycles. The summed E-state index contributed by atoms with van der Waals surface area (Å²) in [4.78, 5) is 8.11.